The molecular formula is C13H8F8N2O4. The summed E-state index contributed by atoms with van der Waals surface area (Å²) in [4.78, 5) is 24.7. The number of anilines is 1. The van der Waals surface area contributed by atoms with Crippen molar-refractivity contribution >= 4 is 17.6 Å². The Balaban J connectivity index is 3.00. The minimum Gasteiger partial charge on any atom is -0.478 e. The third kappa shape index (κ3) is 3.73. The lowest BCUT2D eigenvalue weighted by molar-refractivity contribution is -0.291. The Morgan fingerprint density at radius 3 is 1.67 bits per heavy atom. The molecule has 0 aliphatic heterocycles. The first-order valence-corrected chi connectivity index (χ1v) is 6.92. The number of hydrogen-bond acceptors (Lipinski definition) is 4. The van der Waals surface area contributed by atoms with E-state index in [1.165, 1.54) is 0 Å². The lowest BCUT2D eigenvalue weighted by Crippen LogP contribution is -2.38. The van der Waals surface area contributed by atoms with Crippen LogP contribution < -0.4 is 5.32 Å². The number of carboxylic acid groups (broad SMARTS) is 2. The van der Waals surface area contributed by atoms with Gasteiger partial charge >= 0.3 is 30.2 Å². The first kappa shape index (κ1) is 20.6. The summed E-state index contributed by atoms with van der Waals surface area (Å²) in [5.41, 5.74) is -10.7. The second-order valence-electron chi connectivity index (χ2n) is 5.53. The zero-order chi connectivity index (χ0) is 20.9. The van der Waals surface area contributed by atoms with Crippen molar-refractivity contribution in [2.75, 3.05) is 5.32 Å². The second-order valence-corrected chi connectivity index (χ2v) is 5.53. The van der Waals surface area contributed by atoms with Gasteiger partial charge in [-0.1, -0.05) is 0 Å². The Hall–Kier alpha value is -2.67. The van der Waals surface area contributed by atoms with Crippen LogP contribution in [0.2, 0.25) is 0 Å². The van der Waals surface area contributed by atoms with Crippen molar-refractivity contribution < 1.29 is 54.9 Å². The largest absolute Gasteiger partial charge is 0.478 e. The highest BCUT2D eigenvalue weighted by Gasteiger charge is 2.62. The van der Waals surface area contributed by atoms with E-state index in [-0.39, 0.29) is 12.8 Å². The molecule has 0 aromatic carbocycles. The maximum Gasteiger partial charge on any atom is 0.459 e. The highest BCUT2D eigenvalue weighted by Crippen LogP contribution is 2.48. The highest BCUT2D eigenvalue weighted by atomic mass is 19.4. The molecule has 1 heterocycles. The van der Waals surface area contributed by atoms with Gasteiger partial charge in [-0.05, 0) is 12.8 Å². The fourth-order valence-electron chi connectivity index (χ4n) is 2.14. The molecule has 14 heteroatoms. The number of aromatic carboxylic acids is 2. The van der Waals surface area contributed by atoms with Gasteiger partial charge in [-0.15, -0.1) is 0 Å². The molecule has 27 heavy (non-hydrogen) atoms. The molecule has 0 bridgehead atoms. The summed E-state index contributed by atoms with van der Waals surface area (Å²) in [5.74, 6) is -11.0. The van der Waals surface area contributed by atoms with Crippen molar-refractivity contribution in [3.05, 3.63) is 22.5 Å². The van der Waals surface area contributed by atoms with Crippen molar-refractivity contribution in [3.63, 3.8) is 0 Å². The summed E-state index contributed by atoms with van der Waals surface area (Å²) in [7, 11) is 0. The molecule has 0 unspecified atom stereocenters. The van der Waals surface area contributed by atoms with Crippen LogP contribution in [0.5, 0.6) is 0 Å². The van der Waals surface area contributed by atoms with Gasteiger partial charge < -0.3 is 15.5 Å². The highest BCUT2D eigenvalue weighted by molar-refractivity contribution is 6.05. The Kier molecular flexibility index (Phi) is 4.74. The molecule has 1 aliphatic rings. The lowest BCUT2D eigenvalue weighted by atomic mass is 9.99. The van der Waals surface area contributed by atoms with Crippen LogP contribution >= 0.6 is 0 Å². The molecule has 0 atom stereocenters. The van der Waals surface area contributed by atoms with Gasteiger partial charge in [0.1, 0.15) is 16.8 Å². The molecule has 2 rings (SSSR count). The van der Waals surface area contributed by atoms with Crippen LogP contribution in [-0.4, -0.2) is 39.4 Å². The molecule has 1 fully saturated rings. The molecule has 6 nitrogen and oxygen atoms in total. The zero-order valence-corrected chi connectivity index (χ0v) is 12.7. The summed E-state index contributed by atoms with van der Waals surface area (Å²) in [6.07, 6.45) is -11.8. The number of aromatic nitrogens is 1. The van der Waals surface area contributed by atoms with E-state index in [9.17, 15) is 44.7 Å². The van der Waals surface area contributed by atoms with Crippen molar-refractivity contribution in [2.24, 2.45) is 0 Å². The number of nitrogens with zero attached hydrogens (tertiary/aromatic N) is 1. The molecule has 0 radical (unpaired) electrons. The standard InChI is InChI=1S/C13H8F8N2O4/c14-11(15,13(19,20)21)7-4(9(24)25)6(22-3-1-2-3)5(10(26)27)8(23-7)12(16,17)18/h3H,1-2H2,(H,22,23)(H,24,25)(H,26,27). The minimum absolute atomic E-state index is 0.215. The quantitative estimate of drug-likeness (QED) is 0.643. The van der Waals surface area contributed by atoms with Crippen molar-refractivity contribution in [3.8, 4) is 0 Å². The first-order chi connectivity index (χ1) is 12.1. The summed E-state index contributed by atoms with van der Waals surface area (Å²) >= 11 is 0. The minimum atomic E-state index is -6.48. The Morgan fingerprint density at radius 2 is 1.33 bits per heavy atom. The van der Waals surface area contributed by atoms with Crippen molar-refractivity contribution in [1.29, 1.82) is 0 Å². The number of nitrogens with one attached hydrogen (secondary N) is 1. The zero-order valence-electron chi connectivity index (χ0n) is 12.7. The van der Waals surface area contributed by atoms with Gasteiger partial charge in [0, 0.05) is 6.04 Å². The maximum absolute atomic E-state index is 13.7. The number of carbonyl (C=O) groups is 2. The number of pyridine rings is 1. The van der Waals surface area contributed by atoms with Gasteiger partial charge in [0.05, 0.1) is 5.69 Å². The van der Waals surface area contributed by atoms with Crippen molar-refractivity contribution in [2.45, 2.75) is 37.2 Å². The average molecular weight is 408 g/mol. The Bertz CT molecular complexity index is 799. The van der Waals surface area contributed by atoms with Gasteiger partial charge in [-0.25, -0.2) is 14.6 Å². The summed E-state index contributed by atoms with van der Waals surface area (Å²) in [6, 6.07) is -0.781. The molecule has 1 aliphatic carbocycles. The number of carboxylic acids is 2. The number of halogens is 8. The van der Waals surface area contributed by atoms with Gasteiger partial charge in [-0.2, -0.15) is 35.1 Å². The fraction of sp³-hybridized carbons (Fsp3) is 0.462. The molecule has 0 spiro atoms. The molecule has 0 saturated heterocycles. The van der Waals surface area contributed by atoms with Crippen LogP contribution in [0.15, 0.2) is 0 Å². The lowest BCUT2D eigenvalue weighted by Gasteiger charge is -2.25. The van der Waals surface area contributed by atoms with E-state index < -0.39 is 64.5 Å². The van der Waals surface area contributed by atoms with E-state index in [1.807, 2.05) is 5.32 Å². The van der Waals surface area contributed by atoms with E-state index >= 15 is 0 Å². The Morgan fingerprint density at radius 1 is 0.889 bits per heavy atom. The monoisotopic (exact) mass is 408 g/mol. The molecule has 1 saturated carbocycles. The summed E-state index contributed by atoms with van der Waals surface area (Å²) < 4.78 is 105. The van der Waals surface area contributed by atoms with Gasteiger partial charge in [0.25, 0.3) is 0 Å². The summed E-state index contributed by atoms with van der Waals surface area (Å²) in [6.45, 7) is 0. The van der Waals surface area contributed by atoms with Gasteiger partial charge in [0.15, 0.2) is 5.69 Å². The molecule has 1 aromatic rings. The number of alkyl halides is 8. The first-order valence-electron chi connectivity index (χ1n) is 6.92. The van der Waals surface area contributed by atoms with Crippen LogP contribution in [0.3, 0.4) is 0 Å². The van der Waals surface area contributed by atoms with Crippen LogP contribution in [0.25, 0.3) is 0 Å². The average Bonchev–Trinajstić information content (AvgIpc) is 3.26. The normalized spacial score (nSPS) is 15.6. The van der Waals surface area contributed by atoms with Gasteiger partial charge in [0.2, 0.25) is 0 Å². The van der Waals surface area contributed by atoms with Crippen LogP contribution in [-0.2, 0) is 12.1 Å². The SMILES string of the molecule is O=C(O)c1c(C(F)(F)F)nc(C(F)(F)C(F)(F)F)c(C(=O)O)c1NC1CC1. The predicted molar refractivity (Wildman–Crippen MR) is 69.8 cm³/mol. The van der Waals surface area contributed by atoms with E-state index in [0.717, 1.165) is 0 Å². The topological polar surface area (TPSA) is 99.5 Å². The third-order valence-electron chi connectivity index (χ3n) is 3.47. The Labute approximate surface area is 143 Å². The van der Waals surface area contributed by atoms with Gasteiger partial charge in [-0.3, -0.25) is 0 Å². The van der Waals surface area contributed by atoms with Crippen LogP contribution in [0, 0.1) is 0 Å². The molecule has 3 N–H and O–H groups in total. The van der Waals surface area contributed by atoms with Crippen LogP contribution in [0.1, 0.15) is 44.9 Å². The molecular weight excluding hydrogens is 400 g/mol. The smallest absolute Gasteiger partial charge is 0.459 e. The molecule has 0 amide bonds. The van der Waals surface area contributed by atoms with Crippen molar-refractivity contribution in [1.82, 2.24) is 4.98 Å². The van der Waals surface area contributed by atoms with E-state index in [0.29, 0.717) is 0 Å². The molecule has 1 aromatic heterocycles. The maximum atomic E-state index is 13.7. The number of rotatable bonds is 5. The second kappa shape index (κ2) is 6.20. The van der Waals surface area contributed by atoms with Crippen LogP contribution in [0.4, 0.5) is 40.8 Å². The third-order valence-corrected chi connectivity index (χ3v) is 3.47. The van der Waals surface area contributed by atoms with E-state index in [4.69, 9.17) is 10.2 Å². The molecule has 150 valence electrons. The predicted octanol–water partition coefficient (Wildman–Crippen LogP) is 3.73. The van der Waals surface area contributed by atoms with E-state index in [1.54, 1.807) is 0 Å². The summed E-state index contributed by atoms with van der Waals surface area (Å²) in [5, 5.41) is 20.1. The fourth-order valence-corrected chi connectivity index (χ4v) is 2.14. The number of hydrogen-bond donors (Lipinski definition) is 3. The van der Waals surface area contributed by atoms with E-state index in [2.05, 4.69) is 4.98 Å².